The van der Waals surface area contributed by atoms with Gasteiger partial charge in [0.25, 0.3) is 0 Å². The predicted octanol–water partition coefficient (Wildman–Crippen LogP) is 3.81. The van der Waals surface area contributed by atoms with E-state index >= 15 is 0 Å². The maximum Gasteiger partial charge on any atom is 0.150 e. The summed E-state index contributed by atoms with van der Waals surface area (Å²) in [6, 6.07) is 4.82. The molecule has 2 unspecified atom stereocenters. The first-order valence-corrected chi connectivity index (χ1v) is 9.69. The molecule has 1 aromatic heterocycles. The van der Waals surface area contributed by atoms with Gasteiger partial charge >= 0.3 is 0 Å². The molecule has 2 aromatic rings. The maximum absolute atomic E-state index is 14.6. The van der Waals surface area contributed by atoms with Crippen LogP contribution in [0.15, 0.2) is 12.1 Å². The lowest BCUT2D eigenvalue weighted by atomic mass is 9.91. The molecule has 5 heteroatoms. The molecule has 25 heavy (non-hydrogen) atoms. The molecule has 0 bridgehead atoms. The molecular formula is C20H26FN3O. The highest BCUT2D eigenvalue weighted by molar-refractivity contribution is 5.87. The molecule has 0 spiro atoms. The molecule has 1 saturated carbocycles. The minimum absolute atomic E-state index is 0.00282. The summed E-state index contributed by atoms with van der Waals surface area (Å²) < 4.78 is 22.6. The fourth-order valence-electron chi connectivity index (χ4n) is 4.36. The molecule has 2 atom stereocenters. The Balaban J connectivity index is 1.66. The molecule has 1 aliphatic carbocycles. The number of nitrogens with one attached hydrogen (secondary N) is 1. The minimum Gasteiger partial charge on any atom is -0.356 e. The first-order valence-electron chi connectivity index (χ1n) is 9.69. The number of hydrogen-bond acceptors (Lipinski definition) is 3. The van der Waals surface area contributed by atoms with E-state index in [9.17, 15) is 4.39 Å². The standard InChI is InChI=1S/C20H26FN3O/c1-13-10-15-14(12-22-13)5-6-17-19(15)16(11-20(21)7-8-20)23-24(17)18-4-2-3-9-25-18/h5-6,13,18,22H,2-4,7-12H2,1H3. The zero-order valence-electron chi connectivity index (χ0n) is 14.9. The monoisotopic (exact) mass is 343 g/mol. The van der Waals surface area contributed by atoms with Crippen LogP contribution < -0.4 is 5.32 Å². The SMILES string of the molecule is CC1Cc2c(ccc3c2c(CC2(F)CC2)nn3C2CCCCO2)CN1. The van der Waals surface area contributed by atoms with Crippen molar-refractivity contribution < 1.29 is 9.13 Å². The van der Waals surface area contributed by atoms with Crippen LogP contribution >= 0.6 is 0 Å². The van der Waals surface area contributed by atoms with Gasteiger partial charge in [0.2, 0.25) is 0 Å². The van der Waals surface area contributed by atoms with E-state index in [1.807, 2.05) is 4.68 Å². The largest absolute Gasteiger partial charge is 0.356 e. The molecule has 1 N–H and O–H groups in total. The van der Waals surface area contributed by atoms with Gasteiger partial charge in [0.1, 0.15) is 5.67 Å². The smallest absolute Gasteiger partial charge is 0.150 e. The minimum atomic E-state index is -1.03. The molecule has 1 aromatic carbocycles. The Morgan fingerprint density at radius 1 is 1.36 bits per heavy atom. The summed E-state index contributed by atoms with van der Waals surface area (Å²) >= 11 is 0. The molecular weight excluding hydrogens is 317 g/mol. The van der Waals surface area contributed by atoms with E-state index in [1.165, 1.54) is 22.9 Å². The van der Waals surface area contributed by atoms with Gasteiger partial charge in [0, 0.05) is 31.0 Å². The summed E-state index contributed by atoms with van der Waals surface area (Å²) in [6.07, 6.45) is 6.05. The lowest BCUT2D eigenvalue weighted by Gasteiger charge is -2.25. The molecule has 2 fully saturated rings. The zero-order valence-corrected chi connectivity index (χ0v) is 14.9. The van der Waals surface area contributed by atoms with Crippen LogP contribution in [-0.2, 0) is 24.1 Å². The van der Waals surface area contributed by atoms with E-state index in [2.05, 4.69) is 24.4 Å². The van der Waals surface area contributed by atoms with Crippen molar-refractivity contribution in [3.05, 3.63) is 29.0 Å². The van der Waals surface area contributed by atoms with Crippen LogP contribution in [-0.4, -0.2) is 28.1 Å². The van der Waals surface area contributed by atoms with Gasteiger partial charge in [-0.25, -0.2) is 9.07 Å². The topological polar surface area (TPSA) is 39.1 Å². The molecule has 1 saturated heterocycles. The van der Waals surface area contributed by atoms with Crippen molar-refractivity contribution in [2.45, 2.75) is 76.4 Å². The van der Waals surface area contributed by atoms with Gasteiger partial charge in [-0.1, -0.05) is 6.07 Å². The van der Waals surface area contributed by atoms with Crippen LogP contribution in [0.4, 0.5) is 4.39 Å². The number of alkyl halides is 1. The van der Waals surface area contributed by atoms with Crippen molar-refractivity contribution in [3.8, 4) is 0 Å². The molecule has 0 amide bonds. The van der Waals surface area contributed by atoms with Crippen molar-refractivity contribution in [3.63, 3.8) is 0 Å². The predicted molar refractivity (Wildman–Crippen MR) is 95.4 cm³/mol. The number of fused-ring (bicyclic) bond motifs is 3. The van der Waals surface area contributed by atoms with Gasteiger partial charge in [-0.3, -0.25) is 0 Å². The normalized spacial score (nSPS) is 28.1. The average molecular weight is 343 g/mol. The fourth-order valence-corrected chi connectivity index (χ4v) is 4.36. The number of benzene rings is 1. The lowest BCUT2D eigenvalue weighted by molar-refractivity contribution is -0.0369. The number of ether oxygens (including phenoxy) is 1. The van der Waals surface area contributed by atoms with Gasteiger partial charge in [-0.2, -0.15) is 5.10 Å². The van der Waals surface area contributed by atoms with Crippen LogP contribution in [0.2, 0.25) is 0 Å². The van der Waals surface area contributed by atoms with Crippen molar-refractivity contribution in [1.82, 2.24) is 15.1 Å². The highest BCUT2D eigenvalue weighted by Crippen LogP contribution is 2.44. The second kappa shape index (κ2) is 5.78. The summed E-state index contributed by atoms with van der Waals surface area (Å²) in [7, 11) is 0. The van der Waals surface area contributed by atoms with E-state index in [0.717, 1.165) is 43.6 Å². The van der Waals surface area contributed by atoms with Crippen molar-refractivity contribution in [1.29, 1.82) is 0 Å². The van der Waals surface area contributed by atoms with E-state index in [0.29, 0.717) is 25.3 Å². The Bertz CT molecular complexity index is 805. The molecule has 2 aliphatic heterocycles. The lowest BCUT2D eigenvalue weighted by Crippen LogP contribution is -2.33. The zero-order chi connectivity index (χ0) is 17.0. The summed E-state index contributed by atoms with van der Waals surface area (Å²) in [4.78, 5) is 0. The molecule has 5 rings (SSSR count). The Morgan fingerprint density at radius 2 is 2.24 bits per heavy atom. The van der Waals surface area contributed by atoms with Crippen molar-refractivity contribution in [2.24, 2.45) is 0 Å². The van der Waals surface area contributed by atoms with Crippen molar-refractivity contribution in [2.75, 3.05) is 6.61 Å². The molecule has 4 nitrogen and oxygen atoms in total. The number of rotatable bonds is 3. The summed E-state index contributed by atoms with van der Waals surface area (Å²) in [5.41, 5.74) is 3.74. The summed E-state index contributed by atoms with van der Waals surface area (Å²) in [6.45, 7) is 3.89. The first-order chi connectivity index (χ1) is 12.1. The van der Waals surface area contributed by atoms with Gasteiger partial charge in [-0.05, 0) is 62.6 Å². The quantitative estimate of drug-likeness (QED) is 0.921. The van der Waals surface area contributed by atoms with E-state index in [1.54, 1.807) is 0 Å². The third-order valence-electron chi connectivity index (χ3n) is 6.01. The van der Waals surface area contributed by atoms with E-state index < -0.39 is 5.67 Å². The fraction of sp³-hybridized carbons (Fsp3) is 0.650. The van der Waals surface area contributed by atoms with Gasteiger partial charge < -0.3 is 10.1 Å². The van der Waals surface area contributed by atoms with Crippen LogP contribution in [0.3, 0.4) is 0 Å². The number of halogens is 1. The molecule has 3 heterocycles. The number of aromatic nitrogens is 2. The summed E-state index contributed by atoms with van der Waals surface area (Å²) in [5, 5.41) is 9.63. The highest BCUT2D eigenvalue weighted by atomic mass is 19.1. The highest BCUT2D eigenvalue weighted by Gasteiger charge is 2.44. The third-order valence-corrected chi connectivity index (χ3v) is 6.01. The Hall–Kier alpha value is -1.46. The molecule has 134 valence electrons. The third kappa shape index (κ3) is 2.77. The number of nitrogens with zero attached hydrogens (tertiary/aromatic N) is 2. The van der Waals surface area contributed by atoms with E-state index in [4.69, 9.17) is 9.84 Å². The Labute approximate surface area is 147 Å². The van der Waals surface area contributed by atoms with Crippen LogP contribution in [0.5, 0.6) is 0 Å². The molecule has 3 aliphatic rings. The number of hydrogen-bond donors (Lipinski definition) is 1. The van der Waals surface area contributed by atoms with Crippen molar-refractivity contribution >= 4 is 10.9 Å². The Morgan fingerprint density at radius 3 is 3.00 bits per heavy atom. The second-order valence-corrected chi connectivity index (χ2v) is 8.12. The van der Waals surface area contributed by atoms with Gasteiger partial charge in [0.05, 0.1) is 11.2 Å². The second-order valence-electron chi connectivity index (χ2n) is 8.12. The average Bonchev–Trinajstić information content (AvgIpc) is 3.23. The van der Waals surface area contributed by atoms with Crippen LogP contribution in [0.1, 0.15) is 62.1 Å². The summed E-state index contributed by atoms with van der Waals surface area (Å²) in [5.74, 6) is 0. The van der Waals surface area contributed by atoms with Crippen LogP contribution in [0.25, 0.3) is 10.9 Å². The first kappa shape index (κ1) is 15.8. The van der Waals surface area contributed by atoms with Crippen LogP contribution in [0, 0.1) is 0 Å². The molecule has 0 radical (unpaired) electrons. The van der Waals surface area contributed by atoms with E-state index in [-0.39, 0.29) is 6.23 Å². The Kier molecular flexibility index (Phi) is 3.64. The van der Waals surface area contributed by atoms with Gasteiger partial charge in [-0.15, -0.1) is 0 Å². The maximum atomic E-state index is 14.6. The van der Waals surface area contributed by atoms with Gasteiger partial charge in [0.15, 0.2) is 6.23 Å².